The van der Waals surface area contributed by atoms with Crippen LogP contribution in [-0.4, -0.2) is 15.3 Å². The quantitative estimate of drug-likeness (QED) is 0.563. The van der Waals surface area contributed by atoms with Gasteiger partial charge in [-0.2, -0.15) is 0 Å². The van der Waals surface area contributed by atoms with Gasteiger partial charge in [-0.05, 0) is 17.5 Å². The second-order valence-corrected chi connectivity index (χ2v) is 2.96. The van der Waals surface area contributed by atoms with Gasteiger partial charge in [0.05, 0.1) is 5.39 Å². The fourth-order valence-electron chi connectivity index (χ4n) is 1.38. The van der Waals surface area contributed by atoms with E-state index in [0.29, 0.717) is 5.39 Å². The predicted molar refractivity (Wildman–Crippen MR) is 48.9 cm³/mol. The number of fused-ring (bicyclic) bond motifs is 1. The molecule has 0 aliphatic heterocycles. The van der Waals surface area contributed by atoms with Crippen molar-refractivity contribution in [2.45, 2.75) is 0 Å². The molecule has 2 aromatic rings. The molecule has 0 heterocycles. The van der Waals surface area contributed by atoms with Gasteiger partial charge in [0.25, 0.3) is 0 Å². The molecule has 14 heavy (non-hydrogen) atoms. The fourth-order valence-corrected chi connectivity index (χ4v) is 1.38. The van der Waals surface area contributed by atoms with E-state index in [9.17, 15) is 14.6 Å². The van der Waals surface area contributed by atoms with Crippen molar-refractivity contribution >= 4 is 10.8 Å². The van der Waals surface area contributed by atoms with Crippen molar-refractivity contribution in [2.24, 2.45) is 0 Å². The molecule has 0 amide bonds. The van der Waals surface area contributed by atoms with Gasteiger partial charge in [-0.15, -0.1) is 0 Å². The first-order valence-corrected chi connectivity index (χ1v) is 3.93. The summed E-state index contributed by atoms with van der Waals surface area (Å²) in [5, 5.41) is 28.3. The van der Waals surface area contributed by atoms with E-state index >= 15 is 0 Å². The van der Waals surface area contributed by atoms with Crippen LogP contribution in [0.3, 0.4) is 0 Å². The van der Waals surface area contributed by atoms with E-state index < -0.39 is 17.3 Å². The van der Waals surface area contributed by atoms with Crippen molar-refractivity contribution in [3.05, 3.63) is 30.1 Å². The molecule has 4 heteroatoms. The second kappa shape index (κ2) is 2.77. The number of rotatable bonds is 0. The highest BCUT2D eigenvalue weighted by Crippen LogP contribution is 2.38. The Hall–Kier alpha value is -1.97. The summed E-state index contributed by atoms with van der Waals surface area (Å²) < 4.78 is 12.8. The Labute approximate surface area is 78.7 Å². The van der Waals surface area contributed by atoms with Gasteiger partial charge in [0.15, 0.2) is 11.5 Å². The Kier molecular flexibility index (Phi) is 1.70. The third-order valence-corrected chi connectivity index (χ3v) is 2.01. The van der Waals surface area contributed by atoms with Crippen LogP contribution in [0.25, 0.3) is 10.8 Å². The third kappa shape index (κ3) is 1.12. The maximum atomic E-state index is 12.8. The van der Waals surface area contributed by atoms with Crippen molar-refractivity contribution in [1.29, 1.82) is 0 Å². The van der Waals surface area contributed by atoms with E-state index in [-0.39, 0.29) is 11.1 Å². The Balaban J connectivity index is 2.95. The molecule has 0 aliphatic carbocycles. The molecule has 0 aromatic heterocycles. The zero-order valence-corrected chi connectivity index (χ0v) is 7.03. The number of aromatic hydroxyl groups is 3. The van der Waals surface area contributed by atoms with Crippen LogP contribution in [-0.2, 0) is 0 Å². The molecule has 0 atom stereocenters. The molecule has 3 nitrogen and oxygen atoms in total. The van der Waals surface area contributed by atoms with Crippen LogP contribution in [0.1, 0.15) is 0 Å². The van der Waals surface area contributed by atoms with Crippen molar-refractivity contribution in [2.75, 3.05) is 0 Å². The van der Waals surface area contributed by atoms with Crippen LogP contribution in [0.5, 0.6) is 17.2 Å². The fraction of sp³-hybridized carbons (Fsp3) is 0. The summed E-state index contributed by atoms with van der Waals surface area (Å²) in [5.74, 6) is -1.78. The number of phenolic OH excluding ortho intramolecular Hbond substituents is 3. The van der Waals surface area contributed by atoms with E-state index in [4.69, 9.17) is 5.11 Å². The number of halogens is 1. The van der Waals surface area contributed by atoms with Crippen molar-refractivity contribution in [3.63, 3.8) is 0 Å². The lowest BCUT2D eigenvalue weighted by molar-refractivity contribution is 0.405. The first-order valence-electron chi connectivity index (χ1n) is 3.93. The Morgan fingerprint density at radius 3 is 2.36 bits per heavy atom. The monoisotopic (exact) mass is 194 g/mol. The van der Waals surface area contributed by atoms with Crippen LogP contribution in [0.4, 0.5) is 4.39 Å². The molecule has 3 N–H and O–H groups in total. The molecule has 0 aliphatic rings. The lowest BCUT2D eigenvalue weighted by Gasteiger charge is -2.05. The van der Waals surface area contributed by atoms with Gasteiger partial charge in [0.1, 0.15) is 11.6 Å². The largest absolute Gasteiger partial charge is 0.507 e. The van der Waals surface area contributed by atoms with E-state index in [1.807, 2.05) is 0 Å². The lowest BCUT2D eigenvalue weighted by Crippen LogP contribution is -1.80. The van der Waals surface area contributed by atoms with Gasteiger partial charge in [-0.3, -0.25) is 0 Å². The molecule has 0 spiro atoms. The van der Waals surface area contributed by atoms with Gasteiger partial charge in [0.2, 0.25) is 0 Å². The Morgan fingerprint density at radius 2 is 1.64 bits per heavy atom. The van der Waals surface area contributed by atoms with Gasteiger partial charge >= 0.3 is 0 Å². The predicted octanol–water partition coefficient (Wildman–Crippen LogP) is 2.10. The maximum Gasteiger partial charge on any atom is 0.169 e. The van der Waals surface area contributed by atoms with Crippen LogP contribution < -0.4 is 0 Å². The lowest BCUT2D eigenvalue weighted by atomic mass is 10.1. The molecule has 0 bridgehead atoms. The molecule has 0 radical (unpaired) electrons. The molecule has 0 saturated carbocycles. The Bertz CT molecular complexity index is 508. The summed E-state index contributed by atoms with van der Waals surface area (Å²) in [6, 6.07) is 4.68. The minimum absolute atomic E-state index is 0.0476. The number of phenols is 3. The van der Waals surface area contributed by atoms with E-state index in [0.717, 1.165) is 12.1 Å². The highest BCUT2D eigenvalue weighted by molar-refractivity contribution is 5.95. The van der Waals surface area contributed by atoms with Crippen LogP contribution in [0.15, 0.2) is 24.3 Å². The first kappa shape index (κ1) is 8.62. The van der Waals surface area contributed by atoms with Gasteiger partial charge in [0, 0.05) is 6.07 Å². The third-order valence-electron chi connectivity index (χ3n) is 2.01. The normalized spacial score (nSPS) is 10.6. The summed E-state index contributed by atoms with van der Waals surface area (Å²) in [6.07, 6.45) is 0. The SMILES string of the molecule is Oc1ccc2cc(F)cc(O)c2c1O. The maximum absolute atomic E-state index is 12.8. The summed E-state index contributed by atoms with van der Waals surface area (Å²) >= 11 is 0. The average molecular weight is 194 g/mol. The van der Waals surface area contributed by atoms with Crippen LogP contribution in [0.2, 0.25) is 0 Å². The molecule has 2 aromatic carbocycles. The standard InChI is InChI=1S/C10H7FO3/c11-6-3-5-1-2-7(12)10(14)9(5)8(13)4-6/h1-4,12-14H. The smallest absolute Gasteiger partial charge is 0.169 e. The summed E-state index contributed by atoms with van der Waals surface area (Å²) in [6.45, 7) is 0. The number of benzene rings is 2. The zero-order chi connectivity index (χ0) is 10.3. The topological polar surface area (TPSA) is 60.7 Å². The van der Waals surface area contributed by atoms with E-state index in [1.54, 1.807) is 0 Å². The van der Waals surface area contributed by atoms with Crippen LogP contribution >= 0.6 is 0 Å². The minimum Gasteiger partial charge on any atom is -0.507 e. The second-order valence-electron chi connectivity index (χ2n) is 2.96. The van der Waals surface area contributed by atoms with Crippen molar-refractivity contribution in [3.8, 4) is 17.2 Å². The van der Waals surface area contributed by atoms with E-state index in [1.165, 1.54) is 12.1 Å². The van der Waals surface area contributed by atoms with Crippen LogP contribution in [0, 0.1) is 5.82 Å². The summed E-state index contributed by atoms with van der Waals surface area (Å²) in [7, 11) is 0. The highest BCUT2D eigenvalue weighted by atomic mass is 19.1. The Morgan fingerprint density at radius 1 is 0.929 bits per heavy atom. The minimum atomic E-state index is -0.597. The van der Waals surface area contributed by atoms with E-state index in [2.05, 4.69) is 0 Å². The zero-order valence-electron chi connectivity index (χ0n) is 7.03. The van der Waals surface area contributed by atoms with Crippen molar-refractivity contribution in [1.82, 2.24) is 0 Å². The number of hydrogen-bond acceptors (Lipinski definition) is 3. The average Bonchev–Trinajstić information content (AvgIpc) is 2.10. The van der Waals surface area contributed by atoms with Gasteiger partial charge < -0.3 is 15.3 Å². The molecular weight excluding hydrogens is 187 g/mol. The molecular formula is C10H7FO3. The molecule has 0 unspecified atom stereocenters. The number of hydrogen-bond donors (Lipinski definition) is 3. The molecule has 0 fully saturated rings. The molecule has 72 valence electrons. The summed E-state index contributed by atoms with van der Waals surface area (Å²) in [4.78, 5) is 0. The first-order chi connectivity index (χ1) is 6.59. The highest BCUT2D eigenvalue weighted by Gasteiger charge is 2.10. The molecule has 2 rings (SSSR count). The summed E-state index contributed by atoms with van der Waals surface area (Å²) in [5.41, 5.74) is 0. The van der Waals surface area contributed by atoms with Gasteiger partial charge in [-0.1, -0.05) is 6.07 Å². The molecule has 0 saturated heterocycles. The van der Waals surface area contributed by atoms with Crippen molar-refractivity contribution < 1.29 is 19.7 Å². The van der Waals surface area contributed by atoms with Gasteiger partial charge in [-0.25, -0.2) is 4.39 Å².